The second-order valence-corrected chi connectivity index (χ2v) is 7.35. The fourth-order valence-corrected chi connectivity index (χ4v) is 3.41. The van der Waals surface area contributed by atoms with E-state index in [0.29, 0.717) is 23.0 Å². The zero-order valence-corrected chi connectivity index (χ0v) is 15.9. The zero-order chi connectivity index (χ0) is 19.2. The van der Waals surface area contributed by atoms with Crippen molar-refractivity contribution >= 4 is 23.4 Å². The summed E-state index contributed by atoms with van der Waals surface area (Å²) < 4.78 is 2.00. The Labute approximate surface area is 162 Å². The van der Waals surface area contributed by atoms with Gasteiger partial charge >= 0.3 is 0 Å². The molecule has 0 saturated carbocycles. The van der Waals surface area contributed by atoms with Gasteiger partial charge in [-0.15, -0.1) is 10.2 Å². The fourth-order valence-electron chi connectivity index (χ4n) is 2.52. The maximum atomic E-state index is 12.5. The third-order valence-electron chi connectivity index (χ3n) is 4.00. The minimum atomic E-state index is -0.367. The van der Waals surface area contributed by atoms with Gasteiger partial charge in [-0.2, -0.15) is 5.26 Å². The topological polar surface area (TPSA) is 83.6 Å². The molecular weight excluding hydrogens is 358 g/mol. The minimum absolute atomic E-state index is 0.151. The number of nitrogens with zero attached hydrogens (tertiary/aromatic N) is 4. The Balaban J connectivity index is 1.69. The predicted molar refractivity (Wildman–Crippen MR) is 105 cm³/mol. The third-order valence-corrected chi connectivity index (χ3v) is 5.08. The van der Waals surface area contributed by atoms with Crippen molar-refractivity contribution in [3.8, 4) is 6.07 Å². The molecule has 1 unspecified atom stereocenters. The molecule has 27 heavy (non-hydrogen) atoms. The molecule has 7 heteroatoms. The molecule has 0 fully saturated rings. The first-order valence-corrected chi connectivity index (χ1v) is 9.36. The molecule has 1 aromatic heterocycles. The molecule has 0 spiro atoms. The molecule has 1 amide bonds. The minimum Gasteiger partial charge on any atom is -0.325 e. The molecule has 1 heterocycles. The largest absolute Gasteiger partial charge is 0.325 e. The summed E-state index contributed by atoms with van der Waals surface area (Å²) in [5, 5.41) is 20.5. The lowest BCUT2D eigenvalue weighted by atomic mass is 10.2. The quantitative estimate of drug-likeness (QED) is 0.663. The molecule has 0 aliphatic heterocycles. The van der Waals surface area contributed by atoms with Crippen molar-refractivity contribution in [1.29, 1.82) is 5.26 Å². The fraction of sp³-hybridized carbons (Fsp3) is 0.200. The van der Waals surface area contributed by atoms with E-state index in [0.717, 1.165) is 11.4 Å². The average Bonchev–Trinajstić information content (AvgIpc) is 3.02. The van der Waals surface area contributed by atoms with E-state index >= 15 is 0 Å². The van der Waals surface area contributed by atoms with Crippen molar-refractivity contribution in [2.24, 2.45) is 0 Å². The highest BCUT2D eigenvalue weighted by Crippen LogP contribution is 2.24. The van der Waals surface area contributed by atoms with Gasteiger partial charge in [-0.25, -0.2) is 0 Å². The number of anilines is 1. The van der Waals surface area contributed by atoms with Crippen LogP contribution < -0.4 is 5.32 Å². The molecule has 0 bridgehead atoms. The summed E-state index contributed by atoms with van der Waals surface area (Å²) in [6, 6.07) is 19.0. The van der Waals surface area contributed by atoms with Crippen molar-refractivity contribution in [3.05, 3.63) is 71.5 Å². The van der Waals surface area contributed by atoms with Crippen molar-refractivity contribution in [2.75, 3.05) is 5.32 Å². The van der Waals surface area contributed by atoms with Crippen molar-refractivity contribution in [3.63, 3.8) is 0 Å². The summed E-state index contributed by atoms with van der Waals surface area (Å²) in [5.74, 6) is 0.651. The summed E-state index contributed by atoms with van der Waals surface area (Å²) >= 11 is 1.36. The number of nitriles is 1. The molecular formula is C20H19N5OS. The lowest BCUT2D eigenvalue weighted by Crippen LogP contribution is -2.23. The molecule has 1 atom stereocenters. The second kappa shape index (κ2) is 8.52. The van der Waals surface area contributed by atoms with Crippen LogP contribution in [0.1, 0.15) is 23.9 Å². The van der Waals surface area contributed by atoms with Crippen molar-refractivity contribution in [2.45, 2.75) is 30.8 Å². The zero-order valence-electron chi connectivity index (χ0n) is 15.1. The highest BCUT2D eigenvalue weighted by Gasteiger charge is 2.19. The molecule has 0 radical (unpaired) electrons. The molecule has 0 aliphatic rings. The van der Waals surface area contributed by atoms with Crippen LogP contribution >= 0.6 is 11.8 Å². The maximum Gasteiger partial charge on any atom is 0.237 e. The van der Waals surface area contributed by atoms with E-state index in [2.05, 4.69) is 21.6 Å². The Hall–Kier alpha value is -3.11. The number of rotatable bonds is 6. The number of carbonyl (C=O) groups is 1. The van der Waals surface area contributed by atoms with E-state index in [1.54, 1.807) is 24.3 Å². The summed E-state index contributed by atoms with van der Waals surface area (Å²) in [6.45, 7) is 4.38. The standard InChI is InChI=1S/C20H19N5OS/c1-14(19(26)22-18-10-6-9-17(11-18)12-21)27-20-24-23-15(2)25(20)13-16-7-4-3-5-8-16/h3-11,14H,13H2,1-2H3,(H,22,26). The third kappa shape index (κ3) is 4.74. The van der Waals surface area contributed by atoms with E-state index in [1.807, 2.05) is 48.7 Å². The first-order chi connectivity index (χ1) is 13.1. The molecule has 1 N–H and O–H groups in total. The molecule has 136 valence electrons. The first kappa shape index (κ1) is 18.7. The number of benzene rings is 2. The van der Waals surface area contributed by atoms with Crippen LogP contribution in [0.5, 0.6) is 0 Å². The van der Waals surface area contributed by atoms with Gasteiger partial charge in [0.15, 0.2) is 5.16 Å². The van der Waals surface area contributed by atoms with Crippen LogP contribution in [-0.4, -0.2) is 25.9 Å². The average molecular weight is 377 g/mol. The first-order valence-electron chi connectivity index (χ1n) is 8.48. The monoisotopic (exact) mass is 377 g/mol. The number of thioether (sulfide) groups is 1. The number of carbonyl (C=O) groups excluding carboxylic acids is 1. The SMILES string of the molecule is Cc1nnc(SC(C)C(=O)Nc2cccc(C#N)c2)n1Cc1ccccc1. The van der Waals surface area contributed by atoms with Crippen LogP contribution in [0.15, 0.2) is 59.8 Å². The van der Waals surface area contributed by atoms with Crippen LogP contribution in [0.3, 0.4) is 0 Å². The van der Waals surface area contributed by atoms with Crippen LogP contribution in [0.4, 0.5) is 5.69 Å². The van der Waals surface area contributed by atoms with Gasteiger partial charge in [0, 0.05) is 5.69 Å². The molecule has 2 aromatic carbocycles. The maximum absolute atomic E-state index is 12.5. The van der Waals surface area contributed by atoms with Crippen LogP contribution in [0, 0.1) is 18.3 Å². The molecule has 3 rings (SSSR count). The van der Waals surface area contributed by atoms with Gasteiger partial charge in [-0.3, -0.25) is 4.79 Å². The number of amides is 1. The summed E-state index contributed by atoms with van der Waals surface area (Å²) in [4.78, 5) is 12.5. The number of aromatic nitrogens is 3. The van der Waals surface area contributed by atoms with E-state index in [-0.39, 0.29) is 11.2 Å². The normalized spacial score (nSPS) is 11.6. The molecule has 6 nitrogen and oxygen atoms in total. The number of nitrogens with one attached hydrogen (secondary N) is 1. The van der Waals surface area contributed by atoms with Gasteiger partial charge < -0.3 is 9.88 Å². The lowest BCUT2D eigenvalue weighted by molar-refractivity contribution is -0.115. The molecule has 3 aromatic rings. The van der Waals surface area contributed by atoms with Gasteiger partial charge in [0.1, 0.15) is 5.82 Å². The summed E-state index contributed by atoms with van der Waals surface area (Å²) in [5.41, 5.74) is 2.26. The van der Waals surface area contributed by atoms with Crippen molar-refractivity contribution < 1.29 is 4.79 Å². The Kier molecular flexibility index (Phi) is 5.89. The van der Waals surface area contributed by atoms with Gasteiger partial charge in [-0.05, 0) is 37.6 Å². The smallest absolute Gasteiger partial charge is 0.237 e. The highest BCUT2D eigenvalue weighted by molar-refractivity contribution is 8.00. The van der Waals surface area contributed by atoms with Crippen LogP contribution in [0.25, 0.3) is 0 Å². The van der Waals surface area contributed by atoms with E-state index in [9.17, 15) is 4.79 Å². The summed E-state index contributed by atoms with van der Waals surface area (Å²) in [7, 11) is 0. The Morgan fingerprint density at radius 3 is 2.74 bits per heavy atom. The van der Waals surface area contributed by atoms with Crippen LogP contribution in [-0.2, 0) is 11.3 Å². The van der Waals surface area contributed by atoms with Crippen LogP contribution in [0.2, 0.25) is 0 Å². The van der Waals surface area contributed by atoms with E-state index < -0.39 is 0 Å². The van der Waals surface area contributed by atoms with Gasteiger partial charge in [0.25, 0.3) is 0 Å². The lowest BCUT2D eigenvalue weighted by Gasteiger charge is -2.13. The van der Waals surface area contributed by atoms with Gasteiger partial charge in [-0.1, -0.05) is 48.2 Å². The Bertz CT molecular complexity index is 978. The number of aryl methyl sites for hydroxylation is 1. The van der Waals surface area contributed by atoms with Crippen molar-refractivity contribution in [1.82, 2.24) is 14.8 Å². The van der Waals surface area contributed by atoms with Gasteiger partial charge in [0.2, 0.25) is 5.91 Å². The Morgan fingerprint density at radius 1 is 1.22 bits per heavy atom. The van der Waals surface area contributed by atoms with Gasteiger partial charge in [0.05, 0.1) is 23.4 Å². The molecule has 0 saturated heterocycles. The Morgan fingerprint density at radius 2 is 2.00 bits per heavy atom. The predicted octanol–water partition coefficient (Wildman–Crippen LogP) is 3.63. The molecule has 0 aliphatic carbocycles. The summed E-state index contributed by atoms with van der Waals surface area (Å²) in [6.07, 6.45) is 0. The number of hydrogen-bond donors (Lipinski definition) is 1. The second-order valence-electron chi connectivity index (χ2n) is 6.04. The van der Waals surface area contributed by atoms with E-state index in [4.69, 9.17) is 5.26 Å². The highest BCUT2D eigenvalue weighted by atomic mass is 32.2. The van der Waals surface area contributed by atoms with E-state index in [1.165, 1.54) is 11.8 Å². The number of hydrogen-bond acceptors (Lipinski definition) is 5.